The van der Waals surface area contributed by atoms with Gasteiger partial charge in [-0.25, -0.2) is 9.98 Å². The lowest BCUT2D eigenvalue weighted by atomic mass is 9.91. The van der Waals surface area contributed by atoms with E-state index in [2.05, 4.69) is 49.0 Å². The first-order valence-electron chi connectivity index (χ1n) is 8.72. The van der Waals surface area contributed by atoms with Crippen molar-refractivity contribution < 1.29 is 0 Å². The molecule has 5 nitrogen and oxygen atoms in total. The number of fused-ring (bicyclic) bond motifs is 1. The van der Waals surface area contributed by atoms with Gasteiger partial charge in [0.25, 0.3) is 0 Å². The fourth-order valence-corrected chi connectivity index (χ4v) is 2.89. The van der Waals surface area contributed by atoms with Crippen LogP contribution < -0.4 is 0 Å². The quantitative estimate of drug-likeness (QED) is 0.773. The van der Waals surface area contributed by atoms with E-state index < -0.39 is 0 Å². The van der Waals surface area contributed by atoms with E-state index in [0.29, 0.717) is 5.96 Å². The molecule has 0 unspecified atom stereocenters. The van der Waals surface area contributed by atoms with E-state index in [1.807, 2.05) is 38.4 Å². The van der Waals surface area contributed by atoms with Crippen LogP contribution in [-0.2, 0) is 7.05 Å². The van der Waals surface area contributed by atoms with Crippen LogP contribution in [0, 0.1) is 0 Å². The third-order valence-electron chi connectivity index (χ3n) is 4.38. The van der Waals surface area contributed by atoms with Crippen molar-refractivity contribution in [1.29, 1.82) is 0 Å². The van der Waals surface area contributed by atoms with Crippen LogP contribution in [0.3, 0.4) is 0 Å². The van der Waals surface area contributed by atoms with Crippen LogP contribution in [0.2, 0.25) is 0 Å². The molecule has 0 spiro atoms. The maximum Gasteiger partial charge on any atom is 0.225 e. The zero-order valence-corrected chi connectivity index (χ0v) is 15.9. The summed E-state index contributed by atoms with van der Waals surface area (Å²) in [6.07, 6.45) is 16.0. The maximum absolute atomic E-state index is 4.83. The van der Waals surface area contributed by atoms with Crippen molar-refractivity contribution in [1.82, 2.24) is 14.7 Å². The van der Waals surface area contributed by atoms with Gasteiger partial charge in [-0.05, 0) is 24.5 Å². The second kappa shape index (κ2) is 7.52. The third kappa shape index (κ3) is 3.67. The number of hydrogen-bond donors (Lipinski definition) is 0. The minimum absolute atomic E-state index is 0.713. The first kappa shape index (κ1) is 17.9. The van der Waals surface area contributed by atoms with Crippen molar-refractivity contribution >= 4 is 17.2 Å². The van der Waals surface area contributed by atoms with Gasteiger partial charge < -0.3 is 4.90 Å². The molecular weight excluding hydrogens is 322 g/mol. The predicted octanol–water partition coefficient (Wildman–Crippen LogP) is 3.91. The van der Waals surface area contributed by atoms with E-state index in [-0.39, 0.29) is 0 Å². The first-order chi connectivity index (χ1) is 12.5. The fraction of sp³-hybridized carbons (Fsp3) is 0.286. The zero-order chi connectivity index (χ0) is 18.7. The van der Waals surface area contributed by atoms with Gasteiger partial charge in [0.15, 0.2) is 0 Å². The predicted molar refractivity (Wildman–Crippen MR) is 109 cm³/mol. The molecule has 0 amide bonds. The number of aliphatic imine (C=N–C) groups is 2. The lowest BCUT2D eigenvalue weighted by Gasteiger charge is -2.14. The van der Waals surface area contributed by atoms with E-state index in [4.69, 9.17) is 9.98 Å². The van der Waals surface area contributed by atoms with Gasteiger partial charge in [-0.2, -0.15) is 5.10 Å². The van der Waals surface area contributed by atoms with Crippen LogP contribution in [0.5, 0.6) is 0 Å². The molecule has 0 atom stereocenters. The molecule has 1 aromatic heterocycles. The molecule has 0 bridgehead atoms. The summed E-state index contributed by atoms with van der Waals surface area (Å²) < 4.78 is 1.80. The number of allylic oxidation sites excluding steroid dienone is 9. The Morgan fingerprint density at radius 3 is 2.62 bits per heavy atom. The standard InChI is InChI=1S/C21H25N5/c1-15-11-9-7-6-8-10-12-18-20(24-21(23-18)25(3)4)19(16(15)2)17-13-22-26(5)14-17/h6-8,10-11,13-14H,2,9,12H2,1,3-5H3/b7-6-,10-8+,15-11+,20-19-. The molecule has 0 saturated carbocycles. The van der Waals surface area contributed by atoms with Crippen molar-refractivity contribution in [3.05, 3.63) is 71.8 Å². The molecule has 0 fully saturated rings. The summed E-state index contributed by atoms with van der Waals surface area (Å²) in [5.74, 6) is 0.713. The van der Waals surface area contributed by atoms with Gasteiger partial charge in [-0.3, -0.25) is 4.68 Å². The van der Waals surface area contributed by atoms with Gasteiger partial charge >= 0.3 is 0 Å². The second-order valence-electron chi connectivity index (χ2n) is 6.65. The van der Waals surface area contributed by atoms with E-state index in [9.17, 15) is 0 Å². The summed E-state index contributed by atoms with van der Waals surface area (Å²) in [4.78, 5) is 11.5. The molecule has 134 valence electrons. The highest BCUT2D eigenvalue weighted by Gasteiger charge is 2.24. The molecule has 1 aliphatic carbocycles. The van der Waals surface area contributed by atoms with Crippen molar-refractivity contribution in [2.45, 2.75) is 19.8 Å². The second-order valence-corrected chi connectivity index (χ2v) is 6.65. The average Bonchev–Trinajstić information content (AvgIpc) is 3.20. The lowest BCUT2D eigenvalue weighted by molar-refractivity contribution is 0.616. The van der Waals surface area contributed by atoms with Gasteiger partial charge in [0.05, 0.1) is 17.6 Å². The summed E-state index contributed by atoms with van der Waals surface area (Å²) in [6, 6.07) is 0. The van der Waals surface area contributed by atoms with Crippen molar-refractivity contribution in [3.8, 4) is 0 Å². The van der Waals surface area contributed by atoms with Crippen LogP contribution in [-0.4, -0.2) is 40.4 Å². The molecule has 0 aromatic carbocycles. The molecule has 3 rings (SSSR count). The van der Waals surface area contributed by atoms with Crippen molar-refractivity contribution in [2.75, 3.05) is 14.1 Å². The smallest absolute Gasteiger partial charge is 0.225 e. The topological polar surface area (TPSA) is 45.8 Å². The molecule has 0 N–H and O–H groups in total. The van der Waals surface area contributed by atoms with Crippen molar-refractivity contribution in [3.63, 3.8) is 0 Å². The van der Waals surface area contributed by atoms with E-state index >= 15 is 0 Å². The lowest BCUT2D eigenvalue weighted by Crippen LogP contribution is -2.18. The average molecular weight is 347 g/mol. The minimum Gasteiger partial charge on any atom is -0.347 e. The molecule has 2 heterocycles. The van der Waals surface area contributed by atoms with Gasteiger partial charge in [0, 0.05) is 44.9 Å². The minimum atomic E-state index is 0.713. The van der Waals surface area contributed by atoms with Crippen LogP contribution >= 0.6 is 0 Å². The highest BCUT2D eigenvalue weighted by molar-refractivity contribution is 6.18. The number of hydrogen-bond acceptors (Lipinski definition) is 4. The van der Waals surface area contributed by atoms with Gasteiger partial charge in [-0.1, -0.05) is 37.0 Å². The monoisotopic (exact) mass is 347 g/mol. The normalized spacial score (nSPS) is 25.2. The van der Waals surface area contributed by atoms with E-state index in [1.54, 1.807) is 4.68 Å². The van der Waals surface area contributed by atoms with Crippen LogP contribution in [0.1, 0.15) is 25.3 Å². The number of rotatable bonds is 1. The Balaban J connectivity index is 2.23. The largest absolute Gasteiger partial charge is 0.347 e. The summed E-state index contributed by atoms with van der Waals surface area (Å²) in [7, 11) is 5.83. The number of nitrogens with zero attached hydrogens (tertiary/aromatic N) is 5. The van der Waals surface area contributed by atoms with E-state index in [0.717, 1.165) is 46.5 Å². The summed E-state index contributed by atoms with van der Waals surface area (Å²) in [5, 5.41) is 4.35. The Bertz CT molecular complexity index is 901. The molecule has 26 heavy (non-hydrogen) atoms. The van der Waals surface area contributed by atoms with Crippen molar-refractivity contribution in [2.24, 2.45) is 17.0 Å². The Hall–Kier alpha value is -2.95. The first-order valence-corrected chi connectivity index (χ1v) is 8.72. The zero-order valence-electron chi connectivity index (χ0n) is 15.9. The molecule has 0 saturated heterocycles. The van der Waals surface area contributed by atoms with Crippen LogP contribution in [0.4, 0.5) is 0 Å². The van der Waals surface area contributed by atoms with Crippen LogP contribution in [0.15, 0.2) is 76.2 Å². The highest BCUT2D eigenvalue weighted by atomic mass is 15.3. The van der Waals surface area contributed by atoms with Gasteiger partial charge in [0.1, 0.15) is 0 Å². The number of guanidine groups is 1. The Labute approximate surface area is 155 Å². The van der Waals surface area contributed by atoms with Gasteiger partial charge in [-0.15, -0.1) is 0 Å². The Morgan fingerprint density at radius 1 is 1.15 bits per heavy atom. The molecule has 1 aliphatic heterocycles. The number of aromatic nitrogens is 2. The molecule has 2 aliphatic rings. The Kier molecular flexibility index (Phi) is 5.16. The summed E-state index contributed by atoms with van der Waals surface area (Å²) >= 11 is 0. The summed E-state index contributed by atoms with van der Waals surface area (Å²) in [6.45, 7) is 6.47. The highest BCUT2D eigenvalue weighted by Crippen LogP contribution is 2.34. The van der Waals surface area contributed by atoms with Crippen LogP contribution in [0.25, 0.3) is 5.57 Å². The maximum atomic E-state index is 4.83. The fourth-order valence-electron chi connectivity index (χ4n) is 2.89. The third-order valence-corrected chi connectivity index (χ3v) is 4.38. The molecule has 1 aromatic rings. The van der Waals surface area contributed by atoms with Gasteiger partial charge in [0.2, 0.25) is 5.96 Å². The Morgan fingerprint density at radius 2 is 1.92 bits per heavy atom. The molecule has 5 heteroatoms. The molecule has 0 radical (unpaired) electrons. The SMILES string of the molecule is C=C1/C(c2cnn(C)c2)=C2/N=C(N(C)C)N=C2C/C=C/C=C\C/C=C/1C. The number of aryl methyl sites for hydroxylation is 1. The van der Waals surface area contributed by atoms with E-state index in [1.165, 1.54) is 0 Å². The summed E-state index contributed by atoms with van der Waals surface area (Å²) in [5.41, 5.74) is 5.94. The molecular formula is C21H25N5.